The summed E-state index contributed by atoms with van der Waals surface area (Å²) in [6.07, 6.45) is 4.19. The Hall–Kier alpha value is -0.120. The van der Waals surface area contributed by atoms with Crippen molar-refractivity contribution in [3.63, 3.8) is 0 Å². The monoisotopic (exact) mass is 212 g/mol. The van der Waals surface area contributed by atoms with Gasteiger partial charge in [0.25, 0.3) is 0 Å². The van der Waals surface area contributed by atoms with Crippen LogP contribution in [-0.2, 0) is 4.74 Å². The van der Waals surface area contributed by atoms with Crippen molar-refractivity contribution in [2.45, 2.75) is 19.3 Å². The lowest BCUT2D eigenvalue weighted by atomic mass is 9.84. The van der Waals surface area contributed by atoms with Crippen molar-refractivity contribution in [1.82, 2.24) is 10.2 Å². The highest BCUT2D eigenvalue weighted by Gasteiger charge is 2.29. The van der Waals surface area contributed by atoms with Crippen LogP contribution in [0.4, 0.5) is 0 Å². The van der Waals surface area contributed by atoms with E-state index in [1.165, 1.54) is 45.4 Å². The fourth-order valence-electron chi connectivity index (χ4n) is 2.99. The SMILES string of the molecule is COCCN1CCC(C2CCNCC2)C1. The van der Waals surface area contributed by atoms with Crippen LogP contribution >= 0.6 is 0 Å². The van der Waals surface area contributed by atoms with Crippen LogP contribution < -0.4 is 5.32 Å². The first-order chi connectivity index (χ1) is 7.40. The number of nitrogens with one attached hydrogen (secondary N) is 1. The van der Waals surface area contributed by atoms with E-state index in [0.29, 0.717) is 0 Å². The van der Waals surface area contributed by atoms with Crippen LogP contribution in [0.2, 0.25) is 0 Å². The van der Waals surface area contributed by atoms with Crippen molar-refractivity contribution in [2.75, 3.05) is 46.4 Å². The van der Waals surface area contributed by atoms with Crippen molar-refractivity contribution >= 4 is 0 Å². The first-order valence-electron chi connectivity index (χ1n) is 6.32. The molecule has 0 spiro atoms. The zero-order chi connectivity index (χ0) is 10.5. The molecule has 0 aromatic heterocycles. The molecule has 2 heterocycles. The second kappa shape index (κ2) is 5.83. The molecule has 0 amide bonds. The fourth-order valence-corrected chi connectivity index (χ4v) is 2.99. The molecule has 15 heavy (non-hydrogen) atoms. The van der Waals surface area contributed by atoms with Gasteiger partial charge in [-0.2, -0.15) is 0 Å². The molecule has 0 saturated carbocycles. The largest absolute Gasteiger partial charge is 0.383 e. The van der Waals surface area contributed by atoms with E-state index < -0.39 is 0 Å². The van der Waals surface area contributed by atoms with Crippen LogP contribution in [0.3, 0.4) is 0 Å². The standard InChI is InChI=1S/C12H24N2O/c1-15-9-8-14-7-4-12(10-14)11-2-5-13-6-3-11/h11-13H,2-10H2,1H3. The van der Waals surface area contributed by atoms with Crippen molar-refractivity contribution in [3.8, 4) is 0 Å². The third-order valence-electron chi connectivity index (χ3n) is 3.97. The van der Waals surface area contributed by atoms with E-state index in [9.17, 15) is 0 Å². The van der Waals surface area contributed by atoms with E-state index in [-0.39, 0.29) is 0 Å². The summed E-state index contributed by atoms with van der Waals surface area (Å²) in [5.41, 5.74) is 0. The van der Waals surface area contributed by atoms with Crippen LogP contribution in [0.1, 0.15) is 19.3 Å². The van der Waals surface area contributed by atoms with Crippen LogP contribution in [0.5, 0.6) is 0 Å². The van der Waals surface area contributed by atoms with Gasteiger partial charge >= 0.3 is 0 Å². The molecule has 0 aliphatic carbocycles. The van der Waals surface area contributed by atoms with Gasteiger partial charge in [-0.1, -0.05) is 0 Å². The second-order valence-electron chi connectivity index (χ2n) is 4.93. The van der Waals surface area contributed by atoms with Crippen LogP contribution in [0, 0.1) is 11.8 Å². The van der Waals surface area contributed by atoms with Gasteiger partial charge in [0.2, 0.25) is 0 Å². The molecule has 1 atom stereocenters. The van der Waals surface area contributed by atoms with E-state index in [2.05, 4.69) is 10.2 Å². The second-order valence-corrected chi connectivity index (χ2v) is 4.93. The Labute approximate surface area is 93.2 Å². The van der Waals surface area contributed by atoms with Crippen LogP contribution in [-0.4, -0.2) is 51.3 Å². The Morgan fingerprint density at radius 3 is 2.73 bits per heavy atom. The first-order valence-corrected chi connectivity index (χ1v) is 6.32. The highest BCUT2D eigenvalue weighted by Crippen LogP contribution is 2.29. The van der Waals surface area contributed by atoms with E-state index >= 15 is 0 Å². The molecule has 2 fully saturated rings. The fraction of sp³-hybridized carbons (Fsp3) is 1.00. The maximum atomic E-state index is 5.13. The molecule has 0 bridgehead atoms. The number of hydrogen-bond donors (Lipinski definition) is 1. The van der Waals surface area contributed by atoms with Crippen molar-refractivity contribution in [2.24, 2.45) is 11.8 Å². The van der Waals surface area contributed by atoms with Gasteiger partial charge in [-0.25, -0.2) is 0 Å². The van der Waals surface area contributed by atoms with Gasteiger partial charge in [0.05, 0.1) is 6.61 Å². The van der Waals surface area contributed by atoms with Crippen molar-refractivity contribution in [3.05, 3.63) is 0 Å². The molecule has 88 valence electrons. The minimum Gasteiger partial charge on any atom is -0.383 e. The smallest absolute Gasteiger partial charge is 0.0589 e. The molecule has 3 nitrogen and oxygen atoms in total. The van der Waals surface area contributed by atoms with Gasteiger partial charge in [0, 0.05) is 20.2 Å². The Morgan fingerprint density at radius 1 is 1.20 bits per heavy atom. The molecule has 3 heteroatoms. The number of methoxy groups -OCH3 is 1. The normalized spacial score (nSPS) is 29.8. The average molecular weight is 212 g/mol. The van der Waals surface area contributed by atoms with Crippen molar-refractivity contribution in [1.29, 1.82) is 0 Å². The maximum absolute atomic E-state index is 5.13. The van der Waals surface area contributed by atoms with Crippen molar-refractivity contribution < 1.29 is 4.74 Å². The summed E-state index contributed by atoms with van der Waals surface area (Å²) in [5, 5.41) is 3.45. The molecule has 0 aromatic carbocycles. The van der Waals surface area contributed by atoms with Gasteiger partial charge in [0.1, 0.15) is 0 Å². The quantitative estimate of drug-likeness (QED) is 0.751. The van der Waals surface area contributed by atoms with Gasteiger partial charge in [-0.05, 0) is 50.7 Å². The molecular weight excluding hydrogens is 188 g/mol. The number of rotatable bonds is 4. The Balaban J connectivity index is 1.71. The molecule has 2 aliphatic heterocycles. The van der Waals surface area contributed by atoms with Gasteiger partial charge in [-0.3, -0.25) is 0 Å². The average Bonchev–Trinajstić information content (AvgIpc) is 2.76. The summed E-state index contributed by atoms with van der Waals surface area (Å²) in [5.74, 6) is 1.95. The molecule has 2 rings (SSSR count). The number of hydrogen-bond acceptors (Lipinski definition) is 3. The molecular formula is C12H24N2O. The Bertz CT molecular complexity index is 180. The van der Waals surface area contributed by atoms with Gasteiger partial charge < -0.3 is 15.0 Å². The lowest BCUT2D eigenvalue weighted by molar-refractivity contribution is 0.154. The third kappa shape index (κ3) is 3.16. The minimum absolute atomic E-state index is 0.888. The topological polar surface area (TPSA) is 24.5 Å². The number of ether oxygens (including phenoxy) is 1. The molecule has 0 radical (unpaired) electrons. The maximum Gasteiger partial charge on any atom is 0.0589 e. The number of piperidine rings is 1. The predicted octanol–water partition coefficient (Wildman–Crippen LogP) is 0.954. The zero-order valence-electron chi connectivity index (χ0n) is 9.87. The predicted molar refractivity (Wildman–Crippen MR) is 62.0 cm³/mol. The van der Waals surface area contributed by atoms with E-state index in [1.807, 2.05) is 0 Å². The van der Waals surface area contributed by atoms with Crippen LogP contribution in [0.15, 0.2) is 0 Å². The summed E-state index contributed by atoms with van der Waals surface area (Å²) in [7, 11) is 1.79. The van der Waals surface area contributed by atoms with E-state index in [4.69, 9.17) is 4.74 Å². The Kier molecular flexibility index (Phi) is 4.42. The summed E-state index contributed by atoms with van der Waals surface area (Å²) in [6, 6.07) is 0. The lowest BCUT2D eigenvalue weighted by Crippen LogP contribution is -2.33. The van der Waals surface area contributed by atoms with Crippen LogP contribution in [0.25, 0.3) is 0 Å². The summed E-state index contributed by atoms with van der Waals surface area (Å²) >= 11 is 0. The summed E-state index contributed by atoms with van der Waals surface area (Å²) in [6.45, 7) is 7.08. The molecule has 1 N–H and O–H groups in total. The molecule has 1 unspecified atom stereocenters. The highest BCUT2D eigenvalue weighted by atomic mass is 16.5. The van der Waals surface area contributed by atoms with Gasteiger partial charge in [0.15, 0.2) is 0 Å². The minimum atomic E-state index is 0.888. The lowest BCUT2D eigenvalue weighted by Gasteiger charge is -2.28. The first kappa shape index (κ1) is 11.4. The van der Waals surface area contributed by atoms with E-state index in [0.717, 1.165) is 25.0 Å². The zero-order valence-corrected chi connectivity index (χ0v) is 9.87. The number of likely N-dealkylation sites (tertiary alicyclic amines) is 1. The highest BCUT2D eigenvalue weighted by molar-refractivity contribution is 4.83. The molecule has 2 saturated heterocycles. The number of nitrogens with zero attached hydrogens (tertiary/aromatic N) is 1. The molecule has 2 aliphatic rings. The van der Waals surface area contributed by atoms with Gasteiger partial charge in [-0.15, -0.1) is 0 Å². The summed E-state index contributed by atoms with van der Waals surface area (Å²) < 4.78 is 5.13. The molecule has 0 aromatic rings. The van der Waals surface area contributed by atoms with E-state index in [1.54, 1.807) is 7.11 Å². The third-order valence-corrected chi connectivity index (χ3v) is 3.97. The summed E-state index contributed by atoms with van der Waals surface area (Å²) in [4.78, 5) is 2.57. The Morgan fingerprint density at radius 2 is 2.00 bits per heavy atom.